The molecule has 0 aromatic heterocycles. The highest BCUT2D eigenvalue weighted by Crippen LogP contribution is 2.33. The predicted octanol–water partition coefficient (Wildman–Crippen LogP) is 8.20. The lowest BCUT2D eigenvalue weighted by Gasteiger charge is -2.39. The summed E-state index contributed by atoms with van der Waals surface area (Å²) in [4.78, 5) is 0. The van der Waals surface area contributed by atoms with Gasteiger partial charge in [-0.05, 0) is 25.7 Å². The summed E-state index contributed by atoms with van der Waals surface area (Å²) >= 11 is 0. The molecular weight excluding hydrogens is 483 g/mol. The van der Waals surface area contributed by atoms with Gasteiger partial charge in [-0.1, -0.05) is 66.2 Å². The normalized spacial score (nSPS) is 12.9. The molecule has 1 unspecified atom stereocenters. The van der Waals surface area contributed by atoms with E-state index in [9.17, 15) is 22.0 Å². The third-order valence-corrected chi connectivity index (χ3v) is 5.79. The second-order valence-corrected chi connectivity index (χ2v) is 8.97. The molecule has 0 amide bonds. The molecule has 0 radical (unpaired) electrons. The Bertz CT molecular complexity index is 697. The summed E-state index contributed by atoms with van der Waals surface area (Å²) < 4.78 is 92.8. The Labute approximate surface area is 212 Å². The Morgan fingerprint density at radius 1 is 0.583 bits per heavy atom. The Balaban J connectivity index is 3.11. The largest absolute Gasteiger partial charge is 0.376 e. The van der Waals surface area contributed by atoms with Gasteiger partial charge in [-0.2, -0.15) is 0 Å². The van der Waals surface area contributed by atoms with E-state index in [-0.39, 0.29) is 6.61 Å². The minimum absolute atomic E-state index is 0.106. The number of benzene rings is 1. The lowest BCUT2D eigenvalue weighted by Crippen LogP contribution is -2.49. The average molecular weight is 527 g/mol. The Morgan fingerprint density at radius 2 is 1.03 bits per heavy atom. The van der Waals surface area contributed by atoms with Crippen LogP contribution in [0.1, 0.15) is 97.5 Å². The Hall–Kier alpha value is -1.29. The average Bonchev–Trinajstić information content (AvgIpc) is 2.89. The van der Waals surface area contributed by atoms with Gasteiger partial charge in [0, 0.05) is 0 Å². The first-order chi connectivity index (χ1) is 17.3. The van der Waals surface area contributed by atoms with E-state index in [4.69, 9.17) is 18.9 Å². The molecule has 0 bridgehead atoms. The highest BCUT2D eigenvalue weighted by molar-refractivity contribution is 5.23. The van der Waals surface area contributed by atoms with Crippen molar-refractivity contribution in [2.24, 2.45) is 5.92 Å². The molecule has 0 aliphatic carbocycles. The maximum absolute atomic E-state index is 14.1. The number of ether oxygens (including phenoxy) is 4. The monoisotopic (exact) mass is 526 g/mol. The second-order valence-electron chi connectivity index (χ2n) is 8.97. The van der Waals surface area contributed by atoms with Crippen molar-refractivity contribution in [1.82, 2.24) is 0 Å². The molecule has 9 heteroatoms. The summed E-state index contributed by atoms with van der Waals surface area (Å²) in [7, 11) is 0. The van der Waals surface area contributed by atoms with Gasteiger partial charge in [0.1, 0.15) is 0 Å². The quantitative estimate of drug-likeness (QED) is 0.0532. The molecule has 36 heavy (non-hydrogen) atoms. The van der Waals surface area contributed by atoms with E-state index < -0.39 is 53.1 Å². The molecule has 0 saturated heterocycles. The number of rotatable bonds is 21. The van der Waals surface area contributed by atoms with Gasteiger partial charge in [0.05, 0.1) is 44.5 Å². The zero-order valence-corrected chi connectivity index (χ0v) is 22.2. The minimum atomic E-state index is -2.19. The van der Waals surface area contributed by atoms with Crippen molar-refractivity contribution >= 4 is 0 Å². The van der Waals surface area contributed by atoms with Crippen LogP contribution in [0.2, 0.25) is 0 Å². The molecule has 0 saturated carbocycles. The number of unbranched alkanes of at least 4 members (excludes halogenated alkanes) is 5. The summed E-state index contributed by atoms with van der Waals surface area (Å²) in [5, 5.41) is 0. The summed E-state index contributed by atoms with van der Waals surface area (Å²) in [5.74, 6) is -11.9. The highest BCUT2D eigenvalue weighted by Gasteiger charge is 2.42. The summed E-state index contributed by atoms with van der Waals surface area (Å²) in [6.45, 7) is 8.18. The molecule has 0 aliphatic rings. The fourth-order valence-corrected chi connectivity index (χ4v) is 3.83. The van der Waals surface area contributed by atoms with Gasteiger partial charge in [0.2, 0.25) is 5.82 Å². The zero-order valence-electron chi connectivity index (χ0n) is 22.2. The molecule has 0 spiro atoms. The van der Waals surface area contributed by atoms with Crippen LogP contribution in [0.4, 0.5) is 22.0 Å². The Kier molecular flexibility index (Phi) is 16.4. The van der Waals surface area contributed by atoms with E-state index in [0.717, 1.165) is 38.5 Å². The molecule has 0 heterocycles. The molecule has 4 nitrogen and oxygen atoms in total. The van der Waals surface area contributed by atoms with Gasteiger partial charge in [0.15, 0.2) is 23.3 Å². The molecule has 210 valence electrons. The van der Waals surface area contributed by atoms with Crippen molar-refractivity contribution in [3.63, 3.8) is 0 Å². The first-order valence-electron chi connectivity index (χ1n) is 13.3. The molecule has 0 aliphatic heterocycles. The molecule has 1 rings (SSSR count). The third-order valence-electron chi connectivity index (χ3n) is 5.79. The Morgan fingerprint density at radius 3 is 1.50 bits per heavy atom. The third kappa shape index (κ3) is 9.88. The van der Waals surface area contributed by atoms with Crippen LogP contribution in [0.5, 0.6) is 0 Å². The van der Waals surface area contributed by atoms with E-state index in [2.05, 4.69) is 6.92 Å². The highest BCUT2D eigenvalue weighted by atomic mass is 19.2. The topological polar surface area (TPSA) is 36.9 Å². The SMILES string of the molecule is CCCCCCCCC(COCc1c(F)c(F)c(F)c(F)c1F)C(OCCC)(OCCC)OCCC. The standard InChI is InChI=1S/C27H43F5O4/c1-5-9-10-11-12-13-14-20(27(34-15-6-2,35-16-7-3)36-17-8-4)18-33-19-21-22(28)24(30)26(32)25(31)23(21)29/h20H,5-19H2,1-4H3. The number of hydrogen-bond acceptors (Lipinski definition) is 4. The van der Waals surface area contributed by atoms with Crippen LogP contribution in [-0.4, -0.2) is 32.4 Å². The summed E-state index contributed by atoms with van der Waals surface area (Å²) in [6, 6.07) is 0. The lowest BCUT2D eigenvalue weighted by atomic mass is 9.98. The van der Waals surface area contributed by atoms with Gasteiger partial charge in [-0.3, -0.25) is 0 Å². The molecule has 1 aromatic carbocycles. The van der Waals surface area contributed by atoms with Gasteiger partial charge in [-0.25, -0.2) is 22.0 Å². The van der Waals surface area contributed by atoms with E-state index in [0.29, 0.717) is 45.5 Å². The van der Waals surface area contributed by atoms with E-state index in [1.54, 1.807) is 0 Å². The first kappa shape index (κ1) is 32.7. The van der Waals surface area contributed by atoms with Crippen molar-refractivity contribution in [2.45, 2.75) is 104 Å². The lowest BCUT2D eigenvalue weighted by molar-refractivity contribution is -0.409. The molecule has 0 fully saturated rings. The first-order valence-corrected chi connectivity index (χ1v) is 13.3. The van der Waals surface area contributed by atoms with Crippen LogP contribution in [0.15, 0.2) is 0 Å². The van der Waals surface area contributed by atoms with Crippen LogP contribution >= 0.6 is 0 Å². The van der Waals surface area contributed by atoms with E-state index in [1.807, 2.05) is 20.8 Å². The predicted molar refractivity (Wildman–Crippen MR) is 129 cm³/mol. The molecular formula is C27H43F5O4. The van der Waals surface area contributed by atoms with Crippen LogP contribution in [0.25, 0.3) is 0 Å². The molecule has 0 N–H and O–H groups in total. The van der Waals surface area contributed by atoms with Crippen LogP contribution in [0, 0.1) is 35.0 Å². The molecule has 1 atom stereocenters. The fourth-order valence-electron chi connectivity index (χ4n) is 3.83. The van der Waals surface area contributed by atoms with Gasteiger partial charge >= 0.3 is 0 Å². The fraction of sp³-hybridized carbons (Fsp3) is 0.778. The van der Waals surface area contributed by atoms with Crippen molar-refractivity contribution in [1.29, 1.82) is 0 Å². The van der Waals surface area contributed by atoms with Crippen molar-refractivity contribution in [2.75, 3.05) is 26.4 Å². The van der Waals surface area contributed by atoms with E-state index >= 15 is 0 Å². The number of hydrogen-bond donors (Lipinski definition) is 0. The van der Waals surface area contributed by atoms with Gasteiger partial charge < -0.3 is 18.9 Å². The second kappa shape index (κ2) is 18.0. The van der Waals surface area contributed by atoms with E-state index in [1.165, 1.54) is 0 Å². The van der Waals surface area contributed by atoms with Crippen molar-refractivity contribution < 1.29 is 40.9 Å². The molecule has 1 aromatic rings. The van der Waals surface area contributed by atoms with Crippen molar-refractivity contribution in [3.8, 4) is 0 Å². The smallest absolute Gasteiger partial charge is 0.288 e. The van der Waals surface area contributed by atoms with Crippen LogP contribution in [0.3, 0.4) is 0 Å². The summed E-state index contributed by atoms with van der Waals surface area (Å²) in [6.07, 6.45) is 9.01. The van der Waals surface area contributed by atoms with Crippen LogP contribution < -0.4 is 0 Å². The zero-order chi connectivity index (χ0) is 27.0. The van der Waals surface area contributed by atoms with Gasteiger partial charge in [-0.15, -0.1) is 0 Å². The summed E-state index contributed by atoms with van der Waals surface area (Å²) in [5.41, 5.74) is -1.01. The van der Waals surface area contributed by atoms with Crippen molar-refractivity contribution in [3.05, 3.63) is 34.6 Å². The number of halogens is 5. The maximum atomic E-state index is 14.1. The van der Waals surface area contributed by atoms with Gasteiger partial charge in [0.25, 0.3) is 5.97 Å². The van der Waals surface area contributed by atoms with Crippen LogP contribution in [-0.2, 0) is 25.6 Å². The minimum Gasteiger partial charge on any atom is -0.376 e. The maximum Gasteiger partial charge on any atom is 0.288 e.